The summed E-state index contributed by atoms with van der Waals surface area (Å²) in [6.07, 6.45) is 4.08. The first-order valence-corrected chi connectivity index (χ1v) is 9.86. The summed E-state index contributed by atoms with van der Waals surface area (Å²) >= 11 is 3.29. The van der Waals surface area contributed by atoms with Crippen LogP contribution >= 0.6 is 22.7 Å². The van der Waals surface area contributed by atoms with Gasteiger partial charge in [-0.05, 0) is 35.7 Å². The molecule has 4 nitrogen and oxygen atoms in total. The number of hydrogen-bond donors (Lipinski definition) is 1. The molecule has 0 bridgehead atoms. The Balaban J connectivity index is 1.46. The van der Waals surface area contributed by atoms with Crippen molar-refractivity contribution in [2.24, 2.45) is 0 Å². The number of thiophene rings is 2. The smallest absolute Gasteiger partial charge is 0.231 e. The summed E-state index contributed by atoms with van der Waals surface area (Å²) in [7, 11) is 0. The van der Waals surface area contributed by atoms with Crippen LogP contribution in [0.5, 0.6) is 0 Å². The number of rotatable bonds is 5. The third-order valence-electron chi connectivity index (χ3n) is 4.64. The largest absolute Gasteiger partial charge is 0.355 e. The topological polar surface area (TPSA) is 55.1 Å². The van der Waals surface area contributed by atoms with Gasteiger partial charge >= 0.3 is 0 Å². The lowest BCUT2D eigenvalue weighted by Gasteiger charge is -2.26. The van der Waals surface area contributed by atoms with Gasteiger partial charge in [-0.25, -0.2) is 0 Å². The molecule has 0 radical (unpaired) electrons. The van der Waals surface area contributed by atoms with Gasteiger partial charge in [-0.3, -0.25) is 4.79 Å². The number of amides is 1. The van der Waals surface area contributed by atoms with Gasteiger partial charge in [-0.1, -0.05) is 30.1 Å². The number of carbonyl (C=O) groups is 1. The molecule has 124 valence electrons. The molecule has 0 unspecified atom stereocenters. The number of aromatic nitrogens is 1. The zero-order valence-corrected chi connectivity index (χ0v) is 14.8. The van der Waals surface area contributed by atoms with Gasteiger partial charge in [0.2, 0.25) is 5.91 Å². The van der Waals surface area contributed by atoms with E-state index in [4.69, 9.17) is 4.52 Å². The minimum atomic E-state index is -0.353. The van der Waals surface area contributed by atoms with E-state index in [-0.39, 0.29) is 11.3 Å². The van der Waals surface area contributed by atoms with Crippen molar-refractivity contribution in [1.29, 1.82) is 0 Å². The quantitative estimate of drug-likeness (QED) is 0.725. The second-order valence-electron chi connectivity index (χ2n) is 6.11. The van der Waals surface area contributed by atoms with Crippen LogP contribution in [0.3, 0.4) is 0 Å². The molecule has 1 saturated carbocycles. The van der Waals surface area contributed by atoms with Gasteiger partial charge in [0.1, 0.15) is 5.69 Å². The van der Waals surface area contributed by atoms with E-state index < -0.39 is 0 Å². The molecule has 3 aromatic heterocycles. The highest BCUT2D eigenvalue weighted by Gasteiger charge is 2.43. The molecule has 0 aliphatic heterocycles. The second-order valence-corrected chi connectivity index (χ2v) is 8.00. The molecule has 0 atom stereocenters. The average Bonchev–Trinajstić information content (AvgIpc) is 3.41. The fraction of sp³-hybridized carbons (Fsp3) is 0.333. The minimum absolute atomic E-state index is 0.114. The molecular formula is C18H18N2O2S2. The number of hydrogen-bond acceptors (Lipinski definition) is 5. The van der Waals surface area contributed by atoms with E-state index in [1.54, 1.807) is 22.7 Å². The molecule has 3 aromatic rings. The number of carbonyl (C=O) groups excluding carboxylic acids is 1. The van der Waals surface area contributed by atoms with Crippen molar-refractivity contribution in [3.63, 3.8) is 0 Å². The Labute approximate surface area is 148 Å². The first-order valence-electron chi connectivity index (χ1n) is 8.10. The van der Waals surface area contributed by atoms with Crippen LogP contribution in [-0.4, -0.2) is 11.1 Å². The lowest BCUT2D eigenvalue weighted by molar-refractivity contribution is -0.126. The Kier molecular flexibility index (Phi) is 4.24. The predicted molar refractivity (Wildman–Crippen MR) is 96.1 cm³/mol. The van der Waals surface area contributed by atoms with Crippen molar-refractivity contribution in [1.82, 2.24) is 10.5 Å². The molecule has 6 heteroatoms. The molecule has 4 rings (SSSR count). The summed E-state index contributed by atoms with van der Waals surface area (Å²) in [5, 5.41) is 11.2. The van der Waals surface area contributed by atoms with Gasteiger partial charge in [0, 0.05) is 10.9 Å². The van der Waals surface area contributed by atoms with E-state index >= 15 is 0 Å². The summed E-state index contributed by atoms with van der Waals surface area (Å²) in [4.78, 5) is 15.1. The molecule has 1 fully saturated rings. The fourth-order valence-corrected chi connectivity index (χ4v) is 5.04. The monoisotopic (exact) mass is 358 g/mol. The molecular weight excluding hydrogens is 340 g/mol. The van der Waals surface area contributed by atoms with Crippen LogP contribution in [0.25, 0.3) is 10.6 Å². The Morgan fingerprint density at radius 1 is 1.21 bits per heavy atom. The molecule has 1 aliphatic carbocycles. The van der Waals surface area contributed by atoms with Gasteiger partial charge < -0.3 is 9.84 Å². The molecule has 0 saturated heterocycles. The van der Waals surface area contributed by atoms with Gasteiger partial charge in [0.15, 0.2) is 5.76 Å². The first-order chi connectivity index (χ1) is 11.8. The lowest BCUT2D eigenvalue weighted by Crippen LogP contribution is -2.41. The normalized spacial score (nSPS) is 16.3. The maximum absolute atomic E-state index is 12.9. The molecule has 3 heterocycles. The summed E-state index contributed by atoms with van der Waals surface area (Å²) in [6, 6.07) is 9.99. The Hall–Kier alpha value is -1.92. The molecule has 24 heavy (non-hydrogen) atoms. The van der Waals surface area contributed by atoms with Gasteiger partial charge in [0.25, 0.3) is 0 Å². The molecule has 0 aromatic carbocycles. The highest BCUT2D eigenvalue weighted by Crippen LogP contribution is 2.43. The summed E-state index contributed by atoms with van der Waals surface area (Å²) in [6.45, 7) is 0.404. The summed E-state index contributed by atoms with van der Waals surface area (Å²) in [5.41, 5.74) is 0.403. The van der Waals surface area contributed by atoms with E-state index in [1.165, 1.54) is 4.88 Å². The number of nitrogens with one attached hydrogen (secondary N) is 1. The van der Waals surface area contributed by atoms with Crippen molar-refractivity contribution < 1.29 is 9.32 Å². The minimum Gasteiger partial charge on any atom is -0.355 e. The summed E-state index contributed by atoms with van der Waals surface area (Å²) < 4.78 is 5.38. The highest BCUT2D eigenvalue weighted by atomic mass is 32.1. The van der Waals surface area contributed by atoms with Crippen LogP contribution in [0, 0.1) is 0 Å². The molecule has 1 N–H and O–H groups in total. The predicted octanol–water partition coefficient (Wildman–Crippen LogP) is 4.59. The Morgan fingerprint density at radius 2 is 2.00 bits per heavy atom. The zero-order valence-electron chi connectivity index (χ0n) is 13.2. The first kappa shape index (κ1) is 15.6. The summed E-state index contributed by atoms with van der Waals surface area (Å²) in [5.74, 6) is 0.867. The number of nitrogens with zero attached hydrogens (tertiary/aromatic N) is 1. The molecule has 0 spiro atoms. The average molecular weight is 358 g/mol. The van der Waals surface area contributed by atoms with Crippen LogP contribution < -0.4 is 5.32 Å². The van der Waals surface area contributed by atoms with Crippen LogP contribution in [0.1, 0.15) is 36.3 Å². The standard InChI is InChI=1S/C18H18N2O2S2/c21-17(18(7-1-2-8-18)16-6-4-10-24-16)19-12-13-11-14(22-20-13)15-5-3-9-23-15/h3-6,9-11H,1-2,7-8,12H2,(H,19,21). The van der Waals surface area contributed by atoms with E-state index in [9.17, 15) is 4.79 Å². The fourth-order valence-electron chi connectivity index (χ4n) is 3.38. The van der Waals surface area contributed by atoms with E-state index in [0.717, 1.165) is 42.0 Å². The van der Waals surface area contributed by atoms with Crippen LogP contribution in [0.2, 0.25) is 0 Å². The van der Waals surface area contributed by atoms with Gasteiger partial charge in [0.05, 0.1) is 16.8 Å². The Morgan fingerprint density at radius 3 is 2.71 bits per heavy atom. The van der Waals surface area contributed by atoms with Gasteiger partial charge in [-0.2, -0.15) is 0 Å². The van der Waals surface area contributed by atoms with Crippen molar-refractivity contribution in [2.75, 3.05) is 0 Å². The van der Waals surface area contributed by atoms with Crippen molar-refractivity contribution in [2.45, 2.75) is 37.6 Å². The third-order valence-corrected chi connectivity index (χ3v) is 6.60. The van der Waals surface area contributed by atoms with Crippen molar-refractivity contribution in [3.05, 3.63) is 51.7 Å². The van der Waals surface area contributed by atoms with Crippen molar-refractivity contribution >= 4 is 28.6 Å². The second kappa shape index (κ2) is 6.53. The maximum Gasteiger partial charge on any atom is 0.231 e. The molecule has 1 aliphatic rings. The van der Waals surface area contributed by atoms with Gasteiger partial charge in [-0.15, -0.1) is 22.7 Å². The van der Waals surface area contributed by atoms with Crippen LogP contribution in [0.4, 0.5) is 0 Å². The third kappa shape index (κ3) is 2.80. The van der Waals surface area contributed by atoms with E-state index in [1.807, 2.05) is 35.0 Å². The van der Waals surface area contributed by atoms with Crippen LogP contribution in [0.15, 0.2) is 45.6 Å². The lowest BCUT2D eigenvalue weighted by atomic mass is 9.83. The van der Waals surface area contributed by atoms with E-state index in [2.05, 4.69) is 16.5 Å². The van der Waals surface area contributed by atoms with Crippen LogP contribution in [-0.2, 0) is 16.8 Å². The highest BCUT2D eigenvalue weighted by molar-refractivity contribution is 7.13. The van der Waals surface area contributed by atoms with E-state index in [0.29, 0.717) is 6.54 Å². The maximum atomic E-state index is 12.9. The zero-order chi connectivity index (χ0) is 16.4. The molecule has 1 amide bonds. The van der Waals surface area contributed by atoms with Crippen molar-refractivity contribution in [3.8, 4) is 10.6 Å². The SMILES string of the molecule is O=C(NCc1cc(-c2cccs2)on1)C1(c2cccs2)CCCC1. The Bertz CT molecular complexity index is 800.